The van der Waals surface area contributed by atoms with E-state index < -0.39 is 29.9 Å². The quantitative estimate of drug-likeness (QED) is 0.251. The molecular formula is C34H37Cl2N3O5. The Morgan fingerprint density at radius 3 is 2.18 bits per heavy atom. The number of nitrogens with zero attached hydrogens (tertiary/aromatic N) is 1. The van der Waals surface area contributed by atoms with E-state index in [1.54, 1.807) is 4.90 Å². The van der Waals surface area contributed by atoms with Crippen LogP contribution in [0.25, 0.3) is 10.8 Å². The van der Waals surface area contributed by atoms with Gasteiger partial charge in [0.25, 0.3) is 5.91 Å². The van der Waals surface area contributed by atoms with Crippen molar-refractivity contribution in [3.05, 3.63) is 81.8 Å². The van der Waals surface area contributed by atoms with Crippen LogP contribution in [0.1, 0.15) is 67.3 Å². The molecule has 232 valence electrons. The van der Waals surface area contributed by atoms with Crippen LogP contribution >= 0.6 is 23.2 Å². The van der Waals surface area contributed by atoms with E-state index in [0.717, 1.165) is 29.2 Å². The number of nitrogens with one attached hydrogen (secondary N) is 2. The zero-order valence-electron chi connectivity index (χ0n) is 24.5. The summed E-state index contributed by atoms with van der Waals surface area (Å²) in [4.78, 5) is 53.9. The van der Waals surface area contributed by atoms with Gasteiger partial charge in [-0.1, -0.05) is 78.5 Å². The van der Waals surface area contributed by atoms with E-state index in [1.807, 2.05) is 42.5 Å². The first-order chi connectivity index (χ1) is 21.1. The van der Waals surface area contributed by atoms with E-state index >= 15 is 0 Å². The molecule has 5 rings (SSSR count). The second-order valence-corrected chi connectivity index (χ2v) is 12.9. The molecule has 1 aliphatic carbocycles. The molecule has 0 bridgehead atoms. The van der Waals surface area contributed by atoms with Gasteiger partial charge < -0.3 is 20.6 Å². The number of piperidine rings is 1. The normalized spacial score (nSPS) is 17.3. The van der Waals surface area contributed by atoms with Crippen molar-refractivity contribution < 1.29 is 24.3 Å². The third-order valence-electron chi connectivity index (χ3n) is 9.13. The predicted octanol–water partition coefficient (Wildman–Crippen LogP) is 6.02. The smallest absolute Gasteiger partial charge is 0.326 e. The molecular weight excluding hydrogens is 601 g/mol. The highest BCUT2D eigenvalue weighted by atomic mass is 35.5. The highest BCUT2D eigenvalue weighted by Gasteiger charge is 2.39. The molecule has 1 heterocycles. The van der Waals surface area contributed by atoms with Crippen molar-refractivity contribution in [2.45, 2.75) is 69.9 Å². The standard InChI is InChI=1S/C34H37Cl2N3O5/c35-25-18-24(19-26(36)21-25)31(41)38-28(32(42)39-16-14-34(15-17-39)12-3-4-13-34)10-11-30(40)37-29(33(43)44)20-23-8-5-7-22-6-1-2-9-27(22)23/h1-2,5-9,18-19,21,28-29H,3-4,10-17,20H2,(H,37,40)(H,38,41)(H,43,44)/t28-,29-/m1/s1. The minimum absolute atomic E-state index is 0.00690. The number of fused-ring (bicyclic) bond motifs is 1. The fraction of sp³-hybridized carbons (Fsp3) is 0.412. The fourth-order valence-corrected chi connectivity index (χ4v) is 7.19. The van der Waals surface area contributed by atoms with Crippen molar-refractivity contribution in [2.75, 3.05) is 13.1 Å². The summed E-state index contributed by atoms with van der Waals surface area (Å²) in [5.74, 6) is -2.45. The highest BCUT2D eigenvalue weighted by molar-refractivity contribution is 6.35. The summed E-state index contributed by atoms with van der Waals surface area (Å²) in [5.41, 5.74) is 1.32. The molecule has 3 amide bonds. The molecule has 0 aromatic heterocycles. The van der Waals surface area contributed by atoms with E-state index in [2.05, 4.69) is 10.6 Å². The van der Waals surface area contributed by atoms with Gasteiger partial charge in [-0.05, 0) is 72.1 Å². The number of hydrogen-bond acceptors (Lipinski definition) is 4. The second-order valence-electron chi connectivity index (χ2n) is 12.1. The molecule has 1 spiro atoms. The number of carbonyl (C=O) groups excluding carboxylic acids is 3. The van der Waals surface area contributed by atoms with Crippen LogP contribution in [-0.4, -0.2) is 58.9 Å². The van der Waals surface area contributed by atoms with Gasteiger partial charge in [-0.2, -0.15) is 0 Å². The van der Waals surface area contributed by atoms with Crippen LogP contribution in [0.3, 0.4) is 0 Å². The van der Waals surface area contributed by atoms with Crippen molar-refractivity contribution in [3.63, 3.8) is 0 Å². The van der Waals surface area contributed by atoms with Crippen LogP contribution in [-0.2, 0) is 20.8 Å². The largest absolute Gasteiger partial charge is 0.480 e. The predicted molar refractivity (Wildman–Crippen MR) is 171 cm³/mol. The Labute approximate surface area is 267 Å². The number of benzene rings is 3. The lowest BCUT2D eigenvalue weighted by Crippen LogP contribution is -2.52. The van der Waals surface area contributed by atoms with E-state index in [4.69, 9.17) is 23.2 Å². The number of aliphatic carboxylic acids is 1. The molecule has 1 saturated heterocycles. The minimum atomic E-state index is -1.16. The van der Waals surface area contributed by atoms with Crippen molar-refractivity contribution in [1.82, 2.24) is 15.5 Å². The topological polar surface area (TPSA) is 116 Å². The van der Waals surface area contributed by atoms with Crippen molar-refractivity contribution >= 4 is 57.7 Å². The van der Waals surface area contributed by atoms with E-state index in [-0.39, 0.29) is 40.8 Å². The summed E-state index contributed by atoms with van der Waals surface area (Å²) in [6.07, 6.45) is 6.65. The van der Waals surface area contributed by atoms with Gasteiger partial charge in [0.15, 0.2) is 0 Å². The Kier molecular flexibility index (Phi) is 10.1. The van der Waals surface area contributed by atoms with Gasteiger partial charge in [-0.25, -0.2) is 4.79 Å². The van der Waals surface area contributed by atoms with Gasteiger partial charge in [0.2, 0.25) is 11.8 Å². The summed E-state index contributed by atoms with van der Waals surface area (Å²) in [5, 5.41) is 17.8. The number of carbonyl (C=O) groups is 4. The third kappa shape index (κ3) is 7.71. The first-order valence-electron chi connectivity index (χ1n) is 15.2. The summed E-state index contributed by atoms with van der Waals surface area (Å²) in [6, 6.07) is 15.6. The number of hydrogen-bond donors (Lipinski definition) is 3. The van der Waals surface area contributed by atoms with Gasteiger partial charge in [0, 0.05) is 41.5 Å². The zero-order chi connectivity index (χ0) is 31.3. The Balaban J connectivity index is 1.26. The van der Waals surface area contributed by atoms with Gasteiger partial charge in [-0.3, -0.25) is 14.4 Å². The van der Waals surface area contributed by atoms with Crippen LogP contribution in [0.5, 0.6) is 0 Å². The van der Waals surface area contributed by atoms with Crippen molar-refractivity contribution in [1.29, 1.82) is 0 Å². The number of likely N-dealkylation sites (tertiary alicyclic amines) is 1. The first-order valence-corrected chi connectivity index (χ1v) is 15.9. The molecule has 8 nitrogen and oxygen atoms in total. The molecule has 1 saturated carbocycles. The molecule has 2 fully saturated rings. The Bertz CT molecular complexity index is 1520. The van der Waals surface area contributed by atoms with Crippen molar-refractivity contribution in [2.24, 2.45) is 5.41 Å². The molecule has 2 aliphatic rings. The average Bonchev–Trinajstić information content (AvgIpc) is 3.46. The molecule has 10 heteroatoms. The number of rotatable bonds is 10. The molecule has 44 heavy (non-hydrogen) atoms. The SMILES string of the molecule is O=C(CC[C@@H](NC(=O)c1cc(Cl)cc(Cl)c1)C(=O)N1CCC2(CCCC2)CC1)N[C@H](Cc1cccc2ccccc12)C(=O)O. The van der Waals surface area contributed by atoms with Crippen LogP contribution in [0.15, 0.2) is 60.7 Å². The monoisotopic (exact) mass is 637 g/mol. The third-order valence-corrected chi connectivity index (χ3v) is 9.56. The maximum atomic E-state index is 13.7. The Morgan fingerprint density at radius 1 is 0.841 bits per heavy atom. The Hall–Kier alpha value is -3.62. The second kappa shape index (κ2) is 14.0. The molecule has 0 unspecified atom stereocenters. The lowest BCUT2D eigenvalue weighted by atomic mass is 9.77. The first kappa shape index (κ1) is 31.8. The van der Waals surface area contributed by atoms with Gasteiger partial charge in [0.05, 0.1) is 0 Å². The average molecular weight is 639 g/mol. The maximum absolute atomic E-state index is 13.7. The summed E-state index contributed by atoms with van der Waals surface area (Å²) >= 11 is 12.2. The molecule has 3 aromatic rings. The van der Waals surface area contributed by atoms with Gasteiger partial charge in [-0.15, -0.1) is 0 Å². The summed E-state index contributed by atoms with van der Waals surface area (Å²) in [6.45, 7) is 1.21. The number of halogens is 2. The summed E-state index contributed by atoms with van der Waals surface area (Å²) in [7, 11) is 0. The molecule has 1 aliphatic heterocycles. The van der Waals surface area contributed by atoms with E-state index in [1.165, 1.54) is 43.9 Å². The molecule has 0 radical (unpaired) electrons. The zero-order valence-corrected chi connectivity index (χ0v) is 26.0. The van der Waals surface area contributed by atoms with Crippen LogP contribution in [0, 0.1) is 5.41 Å². The highest BCUT2D eigenvalue weighted by Crippen LogP contribution is 2.46. The molecule has 2 atom stereocenters. The fourth-order valence-electron chi connectivity index (χ4n) is 6.66. The number of amides is 3. The summed E-state index contributed by atoms with van der Waals surface area (Å²) < 4.78 is 0. The van der Waals surface area contributed by atoms with Crippen LogP contribution < -0.4 is 10.6 Å². The van der Waals surface area contributed by atoms with Gasteiger partial charge >= 0.3 is 5.97 Å². The van der Waals surface area contributed by atoms with E-state index in [0.29, 0.717) is 18.5 Å². The minimum Gasteiger partial charge on any atom is -0.480 e. The lowest BCUT2D eigenvalue weighted by molar-refractivity contribution is -0.142. The van der Waals surface area contributed by atoms with Gasteiger partial charge in [0.1, 0.15) is 12.1 Å². The Morgan fingerprint density at radius 2 is 1.50 bits per heavy atom. The molecule has 3 aromatic carbocycles. The van der Waals surface area contributed by atoms with E-state index in [9.17, 15) is 24.3 Å². The maximum Gasteiger partial charge on any atom is 0.326 e. The number of carboxylic acids is 1. The molecule has 3 N–H and O–H groups in total. The van der Waals surface area contributed by atoms with Crippen molar-refractivity contribution in [3.8, 4) is 0 Å². The van der Waals surface area contributed by atoms with Crippen LogP contribution in [0.4, 0.5) is 0 Å². The lowest BCUT2D eigenvalue weighted by Gasteiger charge is -2.40. The van der Waals surface area contributed by atoms with Crippen LogP contribution in [0.2, 0.25) is 10.0 Å². The number of carboxylic acid groups (broad SMARTS) is 1.